The van der Waals surface area contributed by atoms with Crippen molar-refractivity contribution in [2.75, 3.05) is 0 Å². The van der Waals surface area contributed by atoms with Crippen LogP contribution in [-0.2, 0) is 18.4 Å². The summed E-state index contributed by atoms with van der Waals surface area (Å²) in [5.41, 5.74) is 3.72. The van der Waals surface area contributed by atoms with Gasteiger partial charge in [-0.3, -0.25) is 0 Å². The van der Waals surface area contributed by atoms with E-state index in [9.17, 15) is 4.79 Å². The number of benzene rings is 1. The Morgan fingerprint density at radius 1 is 1.44 bits per heavy atom. The zero-order valence-electron chi connectivity index (χ0n) is 10.3. The molecular weight excluding hydrogens is 230 g/mol. The fourth-order valence-electron chi connectivity index (χ4n) is 2.11. The number of aliphatic hydroxyl groups excluding tert-OH is 1. The molecule has 2 N–H and O–H groups in total. The number of aliphatic hydroxyl groups is 1. The average molecular weight is 245 g/mol. The third-order valence-electron chi connectivity index (χ3n) is 3.18. The monoisotopic (exact) mass is 245 g/mol. The quantitative estimate of drug-likeness (QED) is 0.814. The highest BCUT2D eigenvalue weighted by Crippen LogP contribution is 2.27. The van der Waals surface area contributed by atoms with Gasteiger partial charge in [0.05, 0.1) is 6.61 Å². The molecule has 4 nitrogen and oxygen atoms in total. The summed E-state index contributed by atoms with van der Waals surface area (Å²) in [5.74, 6) is -0.968. The molecule has 18 heavy (non-hydrogen) atoms. The van der Waals surface area contributed by atoms with Crippen LogP contribution in [0.4, 0.5) is 0 Å². The number of nitrogens with zero attached hydrogens (tertiary/aromatic N) is 1. The molecule has 1 aromatic heterocycles. The second kappa shape index (κ2) is 4.66. The van der Waals surface area contributed by atoms with Crippen molar-refractivity contribution < 1.29 is 15.0 Å². The Hall–Kier alpha value is -2.07. The van der Waals surface area contributed by atoms with Gasteiger partial charge in [-0.15, -0.1) is 0 Å². The largest absolute Gasteiger partial charge is 0.478 e. The van der Waals surface area contributed by atoms with Gasteiger partial charge in [0.1, 0.15) is 0 Å². The first-order chi connectivity index (χ1) is 8.54. The summed E-state index contributed by atoms with van der Waals surface area (Å²) in [6.07, 6.45) is 2.73. The molecule has 0 atom stereocenters. The smallest absolute Gasteiger partial charge is 0.328 e. The number of aryl methyl sites for hydroxylation is 1. The average Bonchev–Trinajstić information content (AvgIpc) is 2.59. The number of carboxylic acids is 1. The van der Waals surface area contributed by atoms with Crippen molar-refractivity contribution in [3.05, 3.63) is 41.1 Å². The highest BCUT2D eigenvalue weighted by atomic mass is 16.4. The van der Waals surface area contributed by atoms with Crippen molar-refractivity contribution in [3.63, 3.8) is 0 Å². The van der Waals surface area contributed by atoms with Crippen molar-refractivity contribution in [2.24, 2.45) is 7.05 Å². The zero-order valence-corrected chi connectivity index (χ0v) is 10.3. The zero-order chi connectivity index (χ0) is 13.3. The van der Waals surface area contributed by atoms with E-state index in [4.69, 9.17) is 10.2 Å². The van der Waals surface area contributed by atoms with Gasteiger partial charge in [-0.1, -0.05) is 6.07 Å². The lowest BCUT2D eigenvalue weighted by Crippen LogP contribution is -1.91. The minimum absolute atomic E-state index is 0.0219. The maximum atomic E-state index is 10.6. The van der Waals surface area contributed by atoms with Gasteiger partial charge < -0.3 is 14.8 Å². The summed E-state index contributed by atoms with van der Waals surface area (Å²) < 4.78 is 2.01. The van der Waals surface area contributed by atoms with Crippen LogP contribution in [0.5, 0.6) is 0 Å². The summed E-state index contributed by atoms with van der Waals surface area (Å²) >= 11 is 0. The van der Waals surface area contributed by atoms with Crippen LogP contribution < -0.4 is 0 Å². The van der Waals surface area contributed by atoms with Crippen LogP contribution in [0.2, 0.25) is 0 Å². The Balaban J connectivity index is 2.70. The predicted octanol–water partition coefficient (Wildman–Crippen LogP) is 2.08. The third kappa shape index (κ3) is 2.02. The van der Waals surface area contributed by atoms with Crippen LogP contribution >= 0.6 is 0 Å². The molecule has 94 valence electrons. The highest BCUT2D eigenvalue weighted by molar-refractivity contribution is 5.95. The molecule has 0 amide bonds. The number of carboxylic acid groups (broad SMARTS) is 1. The molecule has 0 aliphatic rings. The Labute approximate surface area is 105 Å². The van der Waals surface area contributed by atoms with Crippen LogP contribution in [0.3, 0.4) is 0 Å². The van der Waals surface area contributed by atoms with E-state index in [1.54, 1.807) is 6.08 Å². The minimum Gasteiger partial charge on any atom is -0.478 e. The summed E-state index contributed by atoms with van der Waals surface area (Å²) in [5, 5.41) is 18.8. The number of aliphatic carboxylic acids is 1. The van der Waals surface area contributed by atoms with Gasteiger partial charge in [-0.05, 0) is 30.7 Å². The van der Waals surface area contributed by atoms with E-state index < -0.39 is 5.97 Å². The Bertz CT molecular complexity index is 638. The van der Waals surface area contributed by atoms with Crippen molar-refractivity contribution in [2.45, 2.75) is 13.5 Å². The van der Waals surface area contributed by atoms with Crippen molar-refractivity contribution in [1.29, 1.82) is 0 Å². The normalized spacial score (nSPS) is 11.5. The van der Waals surface area contributed by atoms with E-state index >= 15 is 0 Å². The molecule has 0 bridgehead atoms. The Morgan fingerprint density at radius 2 is 2.17 bits per heavy atom. The number of hydrogen-bond donors (Lipinski definition) is 2. The van der Waals surface area contributed by atoms with Gasteiger partial charge in [0.15, 0.2) is 0 Å². The second-order valence-corrected chi connectivity index (χ2v) is 4.24. The number of hydrogen-bond acceptors (Lipinski definition) is 2. The lowest BCUT2D eigenvalue weighted by atomic mass is 10.1. The maximum Gasteiger partial charge on any atom is 0.328 e. The maximum absolute atomic E-state index is 10.6. The topological polar surface area (TPSA) is 62.5 Å². The molecule has 0 radical (unpaired) electrons. The van der Waals surface area contributed by atoms with Gasteiger partial charge >= 0.3 is 5.97 Å². The SMILES string of the molecule is Cc1c(/C=C/C(=O)O)c2cc(CO)ccc2n1C. The first-order valence-electron chi connectivity index (χ1n) is 5.64. The van der Waals surface area contributed by atoms with E-state index in [1.807, 2.05) is 36.7 Å². The molecule has 0 saturated carbocycles. The molecule has 1 heterocycles. The van der Waals surface area contributed by atoms with E-state index in [2.05, 4.69) is 0 Å². The minimum atomic E-state index is -0.968. The molecule has 0 saturated heterocycles. The molecule has 4 heteroatoms. The van der Waals surface area contributed by atoms with E-state index in [1.165, 1.54) is 0 Å². The van der Waals surface area contributed by atoms with E-state index in [0.29, 0.717) is 0 Å². The molecule has 2 aromatic rings. The molecule has 0 fully saturated rings. The number of fused-ring (bicyclic) bond motifs is 1. The highest BCUT2D eigenvalue weighted by Gasteiger charge is 2.10. The van der Waals surface area contributed by atoms with Crippen LogP contribution in [0.25, 0.3) is 17.0 Å². The van der Waals surface area contributed by atoms with Crippen molar-refractivity contribution in [1.82, 2.24) is 4.57 Å². The van der Waals surface area contributed by atoms with Crippen LogP contribution in [0, 0.1) is 6.92 Å². The summed E-state index contributed by atoms with van der Waals surface area (Å²) in [4.78, 5) is 10.6. The van der Waals surface area contributed by atoms with Crippen molar-refractivity contribution >= 4 is 22.9 Å². The molecule has 0 aliphatic heterocycles. The standard InChI is InChI=1S/C14H15NO3/c1-9-11(4-6-14(17)18)12-7-10(8-16)3-5-13(12)15(9)2/h3-7,16H,8H2,1-2H3,(H,17,18)/b6-4+. The number of rotatable bonds is 3. The van der Waals surface area contributed by atoms with Crippen LogP contribution in [0.15, 0.2) is 24.3 Å². The summed E-state index contributed by atoms with van der Waals surface area (Å²) in [6.45, 7) is 1.92. The fraction of sp³-hybridized carbons (Fsp3) is 0.214. The van der Waals surface area contributed by atoms with Gasteiger partial charge in [-0.25, -0.2) is 4.79 Å². The Morgan fingerprint density at radius 3 is 2.78 bits per heavy atom. The van der Waals surface area contributed by atoms with Gasteiger partial charge in [-0.2, -0.15) is 0 Å². The molecular formula is C14H15NO3. The lowest BCUT2D eigenvalue weighted by Gasteiger charge is -1.99. The number of aromatic nitrogens is 1. The fourth-order valence-corrected chi connectivity index (χ4v) is 2.11. The molecule has 0 unspecified atom stereocenters. The second-order valence-electron chi connectivity index (χ2n) is 4.24. The molecule has 1 aromatic carbocycles. The first kappa shape index (κ1) is 12.4. The molecule has 0 aliphatic carbocycles. The lowest BCUT2D eigenvalue weighted by molar-refractivity contribution is -0.131. The Kier molecular flexibility index (Phi) is 3.21. The predicted molar refractivity (Wildman–Crippen MR) is 70.2 cm³/mol. The number of carbonyl (C=O) groups is 1. The first-order valence-corrected chi connectivity index (χ1v) is 5.64. The van der Waals surface area contributed by atoms with E-state index in [-0.39, 0.29) is 6.61 Å². The van der Waals surface area contributed by atoms with Crippen LogP contribution in [-0.4, -0.2) is 20.7 Å². The molecule has 0 spiro atoms. The van der Waals surface area contributed by atoms with Crippen LogP contribution in [0.1, 0.15) is 16.8 Å². The summed E-state index contributed by atoms with van der Waals surface area (Å²) in [7, 11) is 1.94. The van der Waals surface area contributed by atoms with Crippen molar-refractivity contribution in [3.8, 4) is 0 Å². The summed E-state index contributed by atoms with van der Waals surface area (Å²) in [6, 6.07) is 5.70. The van der Waals surface area contributed by atoms with Gasteiger partial charge in [0.25, 0.3) is 0 Å². The van der Waals surface area contributed by atoms with Gasteiger partial charge in [0.2, 0.25) is 0 Å². The van der Waals surface area contributed by atoms with E-state index in [0.717, 1.165) is 33.8 Å². The molecule has 2 rings (SSSR count). The van der Waals surface area contributed by atoms with Gasteiger partial charge in [0, 0.05) is 35.3 Å². The third-order valence-corrected chi connectivity index (χ3v) is 3.18.